The first-order chi connectivity index (χ1) is 11.6. The second-order valence-corrected chi connectivity index (χ2v) is 6.19. The topological polar surface area (TPSA) is 61.4 Å². The Bertz CT molecular complexity index is 782. The van der Waals surface area contributed by atoms with Crippen LogP contribution in [-0.4, -0.2) is 29.9 Å². The van der Waals surface area contributed by atoms with Crippen LogP contribution >= 0.6 is 23.2 Å². The summed E-state index contributed by atoms with van der Waals surface area (Å²) in [5.74, 6) is -0.254. The molecule has 2 aromatic carbocycles. The van der Waals surface area contributed by atoms with Gasteiger partial charge in [0.25, 0.3) is 0 Å². The van der Waals surface area contributed by atoms with Gasteiger partial charge in [-0.05, 0) is 24.3 Å². The van der Waals surface area contributed by atoms with Crippen molar-refractivity contribution >= 4 is 40.8 Å². The van der Waals surface area contributed by atoms with Crippen LogP contribution in [0.3, 0.4) is 0 Å². The van der Waals surface area contributed by atoms with Crippen molar-refractivity contribution < 1.29 is 9.59 Å². The first-order valence-electron chi connectivity index (χ1n) is 7.41. The quantitative estimate of drug-likeness (QED) is 0.854. The number of urea groups is 1. The molecule has 0 saturated carbocycles. The van der Waals surface area contributed by atoms with E-state index < -0.39 is 6.04 Å². The molecule has 0 aromatic heterocycles. The third kappa shape index (κ3) is 3.47. The van der Waals surface area contributed by atoms with Gasteiger partial charge in [0.15, 0.2) is 0 Å². The molecule has 3 rings (SSSR count). The van der Waals surface area contributed by atoms with Crippen molar-refractivity contribution in [3.8, 4) is 0 Å². The molecule has 24 heavy (non-hydrogen) atoms. The van der Waals surface area contributed by atoms with Crippen molar-refractivity contribution in [2.24, 2.45) is 0 Å². The van der Waals surface area contributed by atoms with Crippen LogP contribution in [0, 0.1) is 0 Å². The van der Waals surface area contributed by atoms with Crippen LogP contribution in [0.4, 0.5) is 10.5 Å². The molecule has 2 aromatic rings. The van der Waals surface area contributed by atoms with Crippen molar-refractivity contribution in [1.29, 1.82) is 0 Å². The van der Waals surface area contributed by atoms with E-state index in [1.165, 1.54) is 4.90 Å². The zero-order valence-electron chi connectivity index (χ0n) is 12.6. The van der Waals surface area contributed by atoms with Crippen molar-refractivity contribution in [3.63, 3.8) is 0 Å². The molecule has 5 nitrogen and oxygen atoms in total. The van der Waals surface area contributed by atoms with Gasteiger partial charge in [0.1, 0.15) is 6.04 Å². The predicted octanol–water partition coefficient (Wildman–Crippen LogP) is 3.70. The third-order valence-electron chi connectivity index (χ3n) is 3.75. The van der Waals surface area contributed by atoms with Crippen LogP contribution in [-0.2, 0) is 4.79 Å². The maximum Gasteiger partial charge on any atom is 0.322 e. The van der Waals surface area contributed by atoms with Crippen LogP contribution in [0.2, 0.25) is 10.0 Å². The van der Waals surface area contributed by atoms with Crippen molar-refractivity contribution in [2.75, 3.05) is 18.4 Å². The summed E-state index contributed by atoms with van der Waals surface area (Å²) in [6.07, 6.45) is 0. The number of piperazine rings is 1. The van der Waals surface area contributed by atoms with E-state index in [1.54, 1.807) is 48.5 Å². The van der Waals surface area contributed by atoms with Gasteiger partial charge in [-0.1, -0.05) is 47.5 Å². The third-order valence-corrected chi connectivity index (χ3v) is 4.33. The lowest BCUT2D eigenvalue weighted by Gasteiger charge is -2.35. The molecule has 124 valence electrons. The maximum absolute atomic E-state index is 12.7. The molecular weight excluding hydrogens is 349 g/mol. The van der Waals surface area contributed by atoms with E-state index in [-0.39, 0.29) is 11.9 Å². The van der Waals surface area contributed by atoms with Crippen LogP contribution < -0.4 is 10.6 Å². The molecule has 0 aliphatic carbocycles. The van der Waals surface area contributed by atoms with Crippen molar-refractivity contribution in [2.45, 2.75) is 6.04 Å². The fraction of sp³-hybridized carbons (Fsp3) is 0.176. The van der Waals surface area contributed by atoms with Gasteiger partial charge in [0.2, 0.25) is 5.91 Å². The highest BCUT2D eigenvalue weighted by Gasteiger charge is 2.35. The molecule has 7 heteroatoms. The molecule has 1 aliphatic heterocycles. The number of hydrogen-bond donors (Lipinski definition) is 2. The van der Waals surface area contributed by atoms with E-state index in [1.807, 2.05) is 0 Å². The first-order valence-corrected chi connectivity index (χ1v) is 8.17. The Labute approximate surface area is 149 Å². The second-order valence-electron chi connectivity index (χ2n) is 5.35. The Hall–Kier alpha value is -2.24. The van der Waals surface area contributed by atoms with Gasteiger partial charge in [-0.25, -0.2) is 4.79 Å². The standard InChI is InChI=1S/C17H15Cl2N3O2/c18-11-4-3-5-12(10-11)21-17(24)22-9-8-20-16(23)15(22)13-6-1-2-7-14(13)19/h1-7,10,15H,8-9H2,(H,20,23)(H,21,24). The molecule has 0 radical (unpaired) electrons. The van der Waals surface area contributed by atoms with Crippen molar-refractivity contribution in [1.82, 2.24) is 10.2 Å². The summed E-state index contributed by atoms with van der Waals surface area (Å²) in [4.78, 5) is 26.5. The molecule has 1 atom stereocenters. The zero-order valence-corrected chi connectivity index (χ0v) is 14.1. The summed E-state index contributed by atoms with van der Waals surface area (Å²) in [5.41, 5.74) is 1.16. The predicted molar refractivity (Wildman–Crippen MR) is 94.4 cm³/mol. The fourth-order valence-corrected chi connectivity index (χ4v) is 3.08. The summed E-state index contributed by atoms with van der Waals surface area (Å²) in [7, 11) is 0. The number of carbonyl (C=O) groups is 2. The van der Waals surface area contributed by atoms with Gasteiger partial charge in [0, 0.05) is 34.4 Å². The molecule has 1 unspecified atom stereocenters. The highest BCUT2D eigenvalue weighted by atomic mass is 35.5. The molecule has 0 bridgehead atoms. The number of nitrogens with zero attached hydrogens (tertiary/aromatic N) is 1. The Morgan fingerprint density at radius 2 is 1.96 bits per heavy atom. The SMILES string of the molecule is O=C1NCCN(C(=O)Nc2cccc(Cl)c2)C1c1ccccc1Cl. The number of carbonyl (C=O) groups excluding carboxylic acids is 2. The monoisotopic (exact) mass is 363 g/mol. The van der Waals surface area contributed by atoms with Crippen LogP contribution in [0.5, 0.6) is 0 Å². The number of halogens is 2. The van der Waals surface area contributed by atoms with Gasteiger partial charge in [-0.15, -0.1) is 0 Å². The average Bonchev–Trinajstić information content (AvgIpc) is 2.55. The van der Waals surface area contributed by atoms with Crippen LogP contribution in [0.1, 0.15) is 11.6 Å². The van der Waals surface area contributed by atoms with Gasteiger partial charge >= 0.3 is 6.03 Å². The smallest absolute Gasteiger partial charge is 0.322 e. The van der Waals surface area contributed by atoms with Crippen molar-refractivity contribution in [3.05, 3.63) is 64.1 Å². The summed E-state index contributed by atoms with van der Waals surface area (Å²) in [6, 6.07) is 12.7. The minimum Gasteiger partial charge on any atom is -0.352 e. The first kappa shape index (κ1) is 16.6. The summed E-state index contributed by atoms with van der Waals surface area (Å²) in [5, 5.41) is 6.51. The highest BCUT2D eigenvalue weighted by Crippen LogP contribution is 2.29. The van der Waals surface area contributed by atoms with Gasteiger partial charge in [-0.3, -0.25) is 4.79 Å². The van der Waals surface area contributed by atoms with E-state index >= 15 is 0 Å². The van der Waals surface area contributed by atoms with E-state index in [0.29, 0.717) is 34.4 Å². The number of hydrogen-bond acceptors (Lipinski definition) is 2. The molecule has 2 N–H and O–H groups in total. The molecule has 3 amide bonds. The normalized spacial score (nSPS) is 17.3. The lowest BCUT2D eigenvalue weighted by molar-refractivity contribution is -0.127. The summed E-state index contributed by atoms with van der Waals surface area (Å²) >= 11 is 12.2. The van der Waals surface area contributed by atoms with E-state index in [2.05, 4.69) is 10.6 Å². The number of benzene rings is 2. The molecular formula is C17H15Cl2N3O2. The Balaban J connectivity index is 1.87. The van der Waals surface area contributed by atoms with Gasteiger partial charge in [-0.2, -0.15) is 0 Å². The fourth-order valence-electron chi connectivity index (χ4n) is 2.65. The molecule has 1 fully saturated rings. The number of nitrogens with one attached hydrogen (secondary N) is 2. The van der Waals surface area contributed by atoms with Gasteiger partial charge in [0.05, 0.1) is 0 Å². The molecule has 1 saturated heterocycles. The van der Waals surface area contributed by atoms with E-state index in [9.17, 15) is 9.59 Å². The zero-order chi connectivity index (χ0) is 17.1. The molecule has 0 spiro atoms. The number of amides is 3. The Morgan fingerprint density at radius 3 is 2.71 bits per heavy atom. The molecule has 1 aliphatic rings. The summed E-state index contributed by atoms with van der Waals surface area (Å²) in [6.45, 7) is 0.775. The Morgan fingerprint density at radius 1 is 1.17 bits per heavy atom. The van der Waals surface area contributed by atoms with E-state index in [0.717, 1.165) is 0 Å². The lowest BCUT2D eigenvalue weighted by Crippen LogP contribution is -2.53. The Kier molecular flexibility index (Phi) is 4.92. The molecule has 1 heterocycles. The van der Waals surface area contributed by atoms with Crippen LogP contribution in [0.15, 0.2) is 48.5 Å². The lowest BCUT2D eigenvalue weighted by atomic mass is 10.0. The second kappa shape index (κ2) is 7.11. The highest BCUT2D eigenvalue weighted by molar-refractivity contribution is 6.31. The summed E-state index contributed by atoms with van der Waals surface area (Å²) < 4.78 is 0. The minimum absolute atomic E-state index is 0.254. The average molecular weight is 364 g/mol. The number of rotatable bonds is 2. The maximum atomic E-state index is 12.7. The number of anilines is 1. The van der Waals surface area contributed by atoms with Gasteiger partial charge < -0.3 is 15.5 Å². The largest absolute Gasteiger partial charge is 0.352 e. The minimum atomic E-state index is -0.772. The van der Waals surface area contributed by atoms with E-state index in [4.69, 9.17) is 23.2 Å². The van der Waals surface area contributed by atoms with Crippen LogP contribution in [0.25, 0.3) is 0 Å².